The predicted octanol–water partition coefficient (Wildman–Crippen LogP) is 4.98. The number of nitrogens with zero attached hydrogens (tertiary/aromatic N) is 2. The number of aromatic nitrogens is 2. The minimum absolute atomic E-state index is 0.387. The Hall–Kier alpha value is -0.330. The van der Waals surface area contributed by atoms with Gasteiger partial charge in [-0.15, -0.1) is 11.8 Å². The Balaban J connectivity index is 2.13. The van der Waals surface area contributed by atoms with Crippen LogP contribution in [-0.2, 0) is 17.1 Å². The summed E-state index contributed by atoms with van der Waals surface area (Å²) in [6, 6.07) is 7.65. The molecule has 0 N–H and O–H groups in total. The molecular formula is C13H11BrCl2N2OS. The first-order valence-corrected chi connectivity index (χ1v) is 8.21. The van der Waals surface area contributed by atoms with Crippen LogP contribution in [0.3, 0.4) is 0 Å². The van der Waals surface area contributed by atoms with Gasteiger partial charge in [-0.1, -0.05) is 29.3 Å². The lowest BCUT2D eigenvalue weighted by atomic mass is 10.4. The van der Waals surface area contributed by atoms with Crippen LogP contribution in [0.5, 0.6) is 0 Å². The van der Waals surface area contributed by atoms with Gasteiger partial charge in [-0.05, 0) is 34.1 Å². The number of hydrogen-bond donors (Lipinski definition) is 0. The second kappa shape index (κ2) is 7.61. The Labute approximate surface area is 140 Å². The fourth-order valence-corrected chi connectivity index (χ4v) is 3.08. The molecule has 0 saturated carbocycles. The van der Waals surface area contributed by atoms with Gasteiger partial charge in [0.05, 0.1) is 22.5 Å². The third-order valence-electron chi connectivity index (χ3n) is 2.37. The zero-order valence-corrected chi connectivity index (χ0v) is 14.5. The van der Waals surface area contributed by atoms with Crippen LogP contribution in [-0.4, -0.2) is 17.1 Å². The first kappa shape index (κ1) is 16.0. The topological polar surface area (TPSA) is 35.0 Å². The molecule has 1 aromatic carbocycles. The summed E-state index contributed by atoms with van der Waals surface area (Å²) in [7, 11) is 1.61. The van der Waals surface area contributed by atoms with Crippen molar-refractivity contribution in [1.82, 2.24) is 9.97 Å². The molecule has 0 unspecified atom stereocenters. The lowest BCUT2D eigenvalue weighted by Crippen LogP contribution is -2.02. The molecule has 1 heterocycles. The Kier molecular flexibility index (Phi) is 6.11. The fourth-order valence-electron chi connectivity index (χ4n) is 1.51. The van der Waals surface area contributed by atoms with Crippen LogP contribution in [0.2, 0.25) is 10.2 Å². The summed E-state index contributed by atoms with van der Waals surface area (Å²) >= 11 is 17.0. The molecule has 0 aliphatic carbocycles. The van der Waals surface area contributed by atoms with Crippen LogP contribution in [0.4, 0.5) is 0 Å². The zero-order chi connectivity index (χ0) is 14.5. The highest BCUT2D eigenvalue weighted by Gasteiger charge is 2.11. The van der Waals surface area contributed by atoms with E-state index in [1.807, 2.05) is 24.3 Å². The molecule has 0 spiro atoms. The Bertz CT molecular complexity index is 613. The fraction of sp³-hybridized carbons (Fsp3) is 0.231. The van der Waals surface area contributed by atoms with E-state index in [-0.39, 0.29) is 0 Å². The Morgan fingerprint density at radius 1 is 1.30 bits per heavy atom. The normalized spacial score (nSPS) is 10.8. The van der Waals surface area contributed by atoms with Gasteiger partial charge < -0.3 is 4.74 Å². The maximum absolute atomic E-state index is 6.08. The van der Waals surface area contributed by atoms with Gasteiger partial charge in [0, 0.05) is 17.0 Å². The Morgan fingerprint density at radius 2 is 2.10 bits per heavy atom. The monoisotopic (exact) mass is 392 g/mol. The standard InChI is InChI=1S/C13H11BrCl2N2OS/c1-19-6-10-12(14)13(16)18-11(17-10)7-20-9-4-2-3-8(15)5-9/h2-5H,6-7H2,1H3. The maximum Gasteiger partial charge on any atom is 0.147 e. The van der Waals surface area contributed by atoms with Gasteiger partial charge in [-0.3, -0.25) is 0 Å². The minimum atomic E-state index is 0.387. The van der Waals surface area contributed by atoms with Gasteiger partial charge >= 0.3 is 0 Å². The SMILES string of the molecule is COCc1nc(CSc2cccc(Cl)c2)nc(Cl)c1Br. The first-order chi connectivity index (χ1) is 9.60. The van der Waals surface area contributed by atoms with Crippen molar-refractivity contribution < 1.29 is 4.74 Å². The molecule has 0 amide bonds. The summed E-state index contributed by atoms with van der Waals surface area (Å²) in [5, 5.41) is 1.11. The number of halogens is 3. The van der Waals surface area contributed by atoms with Gasteiger partial charge in [-0.2, -0.15) is 0 Å². The predicted molar refractivity (Wildman–Crippen MR) is 86.5 cm³/mol. The highest BCUT2D eigenvalue weighted by molar-refractivity contribution is 9.10. The van der Waals surface area contributed by atoms with Gasteiger partial charge in [0.1, 0.15) is 11.0 Å². The van der Waals surface area contributed by atoms with Gasteiger partial charge in [0.2, 0.25) is 0 Å². The molecule has 0 atom stereocenters. The molecule has 0 saturated heterocycles. The van der Waals surface area contributed by atoms with Crippen molar-refractivity contribution in [3.63, 3.8) is 0 Å². The van der Waals surface area contributed by atoms with Crippen LogP contribution < -0.4 is 0 Å². The zero-order valence-electron chi connectivity index (χ0n) is 10.6. The third kappa shape index (κ3) is 4.33. The number of benzene rings is 1. The van der Waals surface area contributed by atoms with E-state index in [0.717, 1.165) is 10.6 Å². The number of methoxy groups -OCH3 is 1. The van der Waals surface area contributed by atoms with Crippen LogP contribution in [0.1, 0.15) is 11.5 Å². The smallest absolute Gasteiger partial charge is 0.147 e. The van der Waals surface area contributed by atoms with Crippen LogP contribution in [0, 0.1) is 0 Å². The van der Waals surface area contributed by atoms with Gasteiger partial charge in [0.25, 0.3) is 0 Å². The summed E-state index contributed by atoms with van der Waals surface area (Å²) in [4.78, 5) is 9.75. The highest BCUT2D eigenvalue weighted by Crippen LogP contribution is 2.28. The molecule has 0 aliphatic heterocycles. The highest BCUT2D eigenvalue weighted by atomic mass is 79.9. The van der Waals surface area contributed by atoms with E-state index < -0.39 is 0 Å². The van der Waals surface area contributed by atoms with Gasteiger partial charge in [-0.25, -0.2) is 9.97 Å². The summed E-state index contributed by atoms with van der Waals surface area (Å²) in [5.41, 5.74) is 0.745. The molecular weight excluding hydrogens is 383 g/mol. The van der Waals surface area contributed by atoms with Crippen molar-refractivity contribution in [1.29, 1.82) is 0 Å². The average molecular weight is 394 g/mol. The van der Waals surface area contributed by atoms with E-state index >= 15 is 0 Å². The van der Waals surface area contributed by atoms with E-state index in [1.54, 1.807) is 18.9 Å². The summed E-state index contributed by atoms with van der Waals surface area (Å²) in [6.45, 7) is 0.387. The number of thioether (sulfide) groups is 1. The summed E-state index contributed by atoms with van der Waals surface area (Å²) in [6.07, 6.45) is 0. The molecule has 0 bridgehead atoms. The van der Waals surface area contributed by atoms with E-state index in [4.69, 9.17) is 27.9 Å². The van der Waals surface area contributed by atoms with Crippen molar-refractivity contribution in [3.8, 4) is 0 Å². The van der Waals surface area contributed by atoms with Crippen LogP contribution in [0.15, 0.2) is 33.6 Å². The van der Waals surface area contributed by atoms with Crippen molar-refractivity contribution in [3.05, 3.63) is 50.4 Å². The number of hydrogen-bond acceptors (Lipinski definition) is 4. The van der Waals surface area contributed by atoms with E-state index in [9.17, 15) is 0 Å². The molecule has 3 nitrogen and oxygen atoms in total. The van der Waals surface area contributed by atoms with E-state index in [2.05, 4.69) is 25.9 Å². The van der Waals surface area contributed by atoms with Crippen LogP contribution >= 0.6 is 50.9 Å². The molecule has 1 aromatic heterocycles. The molecule has 7 heteroatoms. The third-order valence-corrected chi connectivity index (χ3v) is 4.93. The molecule has 2 aromatic rings. The van der Waals surface area contributed by atoms with Crippen molar-refractivity contribution in [2.75, 3.05) is 7.11 Å². The maximum atomic E-state index is 6.08. The van der Waals surface area contributed by atoms with E-state index in [0.29, 0.717) is 32.8 Å². The molecule has 20 heavy (non-hydrogen) atoms. The van der Waals surface area contributed by atoms with E-state index in [1.165, 1.54) is 0 Å². The van der Waals surface area contributed by atoms with Crippen molar-refractivity contribution in [2.24, 2.45) is 0 Å². The second-order valence-corrected chi connectivity index (χ2v) is 6.51. The lowest BCUT2D eigenvalue weighted by molar-refractivity contribution is 0.180. The second-order valence-electron chi connectivity index (χ2n) is 3.87. The summed E-state index contributed by atoms with van der Waals surface area (Å²) in [5.74, 6) is 1.28. The number of ether oxygens (including phenoxy) is 1. The largest absolute Gasteiger partial charge is 0.378 e. The minimum Gasteiger partial charge on any atom is -0.378 e. The summed E-state index contributed by atoms with van der Waals surface area (Å²) < 4.78 is 5.77. The molecule has 0 radical (unpaired) electrons. The van der Waals surface area contributed by atoms with Crippen LogP contribution in [0.25, 0.3) is 0 Å². The van der Waals surface area contributed by atoms with Crippen molar-refractivity contribution in [2.45, 2.75) is 17.3 Å². The molecule has 2 rings (SSSR count). The molecule has 106 valence electrons. The number of rotatable bonds is 5. The quantitative estimate of drug-likeness (QED) is 0.529. The first-order valence-electron chi connectivity index (χ1n) is 5.68. The lowest BCUT2D eigenvalue weighted by Gasteiger charge is -2.07. The van der Waals surface area contributed by atoms with Gasteiger partial charge in [0.15, 0.2) is 0 Å². The Morgan fingerprint density at radius 3 is 2.80 bits per heavy atom. The average Bonchev–Trinajstić information content (AvgIpc) is 2.42. The molecule has 0 aliphatic rings. The molecule has 0 fully saturated rings. The van der Waals surface area contributed by atoms with Crippen molar-refractivity contribution >= 4 is 50.9 Å².